The molecule has 1 aromatic carbocycles. The van der Waals surface area contributed by atoms with Crippen LogP contribution in [0.5, 0.6) is 0 Å². The van der Waals surface area contributed by atoms with Crippen LogP contribution in [-0.4, -0.2) is 23.8 Å². The van der Waals surface area contributed by atoms with Gasteiger partial charge in [0.05, 0.1) is 24.1 Å². The van der Waals surface area contributed by atoms with Gasteiger partial charge in [-0.25, -0.2) is 14.6 Å². The fraction of sp³-hybridized carbons (Fsp3) is 0.176. The Morgan fingerprint density at radius 2 is 2.15 bits per heavy atom. The summed E-state index contributed by atoms with van der Waals surface area (Å²) in [5, 5.41) is 5.39. The largest absolute Gasteiger partial charge is 0.465 e. The van der Waals surface area contributed by atoms with Crippen LogP contribution in [0.15, 0.2) is 43.1 Å². The number of hydrogen-bond donors (Lipinski definition) is 1. The van der Waals surface area contributed by atoms with E-state index in [4.69, 9.17) is 9.15 Å². The number of methoxy groups -OCH3 is 1. The number of aryl methyl sites for hydroxylation is 1. The smallest absolute Gasteiger partial charge is 0.350 e. The van der Waals surface area contributed by atoms with Gasteiger partial charge in [0, 0.05) is 9.86 Å². The molecule has 3 rings (SSSR count). The average Bonchev–Trinajstić information content (AvgIpc) is 2.99. The number of ether oxygens (including phenoxy) is 1. The molecule has 0 spiro atoms. The molecule has 2 heterocycles. The maximum atomic E-state index is 12.2. The molecule has 0 amide bonds. The van der Waals surface area contributed by atoms with E-state index in [-0.39, 0.29) is 0 Å². The second kappa shape index (κ2) is 7.38. The normalized spacial score (nSPS) is 11.6. The second-order valence-corrected chi connectivity index (χ2v) is 7.28. The van der Waals surface area contributed by atoms with Crippen molar-refractivity contribution in [2.75, 3.05) is 12.5 Å². The summed E-state index contributed by atoms with van der Waals surface area (Å²) in [4.78, 5) is 28.4. The lowest BCUT2D eigenvalue weighted by molar-refractivity contribution is 0.0605. The van der Waals surface area contributed by atoms with E-state index in [1.54, 1.807) is 32.0 Å². The first-order valence-corrected chi connectivity index (χ1v) is 9.10. The number of carbonyl (C=O) groups excluding carboxylic acids is 1. The van der Waals surface area contributed by atoms with Crippen LogP contribution < -0.4 is 11.1 Å². The highest BCUT2D eigenvalue weighted by Gasteiger charge is 2.15. The van der Waals surface area contributed by atoms with Crippen molar-refractivity contribution >= 4 is 55.0 Å². The Kier molecular flexibility index (Phi) is 5.19. The molecule has 7 nitrogen and oxygen atoms in total. The predicted molar refractivity (Wildman–Crippen MR) is 104 cm³/mol. The summed E-state index contributed by atoms with van der Waals surface area (Å²) in [5.74, 6) is -0.450. The van der Waals surface area contributed by atoms with Crippen molar-refractivity contribution < 1.29 is 13.9 Å². The van der Waals surface area contributed by atoms with E-state index in [1.807, 2.05) is 6.07 Å². The highest BCUT2D eigenvalue weighted by atomic mass is 79.9. The summed E-state index contributed by atoms with van der Waals surface area (Å²) < 4.78 is 10.9. The van der Waals surface area contributed by atoms with Gasteiger partial charge >= 0.3 is 11.6 Å². The summed E-state index contributed by atoms with van der Waals surface area (Å²) in [6, 6.07) is 7.11. The van der Waals surface area contributed by atoms with Crippen LogP contribution in [0.1, 0.15) is 27.9 Å². The zero-order valence-corrected chi connectivity index (χ0v) is 16.5. The van der Waals surface area contributed by atoms with Crippen LogP contribution in [0, 0.1) is 6.92 Å². The fourth-order valence-electron chi connectivity index (χ4n) is 2.26. The van der Waals surface area contributed by atoms with Crippen LogP contribution in [0.3, 0.4) is 0 Å². The molecule has 0 fully saturated rings. The molecule has 1 N–H and O–H groups in total. The van der Waals surface area contributed by atoms with Crippen LogP contribution in [0.25, 0.3) is 11.0 Å². The Balaban J connectivity index is 1.90. The number of hydrazone groups is 1. The maximum absolute atomic E-state index is 12.2. The first-order chi connectivity index (χ1) is 12.4. The summed E-state index contributed by atoms with van der Waals surface area (Å²) in [6.07, 6.45) is 0. The number of benzene rings is 1. The molecule has 0 radical (unpaired) electrons. The molecule has 134 valence electrons. The standard InChI is InChI=1S/C17H14BrN3O4S/c1-8(20-21-17-19-9(2)14(26-17)16(23)24-3)12-7-10-6-11(18)4-5-13(10)25-15(12)22/h4-7H,1-3H3,(H,19,21)/b20-8+. The number of carbonyl (C=O) groups is 1. The highest BCUT2D eigenvalue weighted by molar-refractivity contribution is 9.10. The van der Waals surface area contributed by atoms with E-state index in [0.717, 1.165) is 21.2 Å². The molecule has 26 heavy (non-hydrogen) atoms. The number of anilines is 1. The van der Waals surface area contributed by atoms with Crippen molar-refractivity contribution in [1.82, 2.24) is 4.98 Å². The lowest BCUT2D eigenvalue weighted by atomic mass is 10.1. The molecule has 0 aliphatic heterocycles. The second-order valence-electron chi connectivity index (χ2n) is 5.36. The van der Waals surface area contributed by atoms with Crippen molar-refractivity contribution in [3.63, 3.8) is 0 Å². The van der Waals surface area contributed by atoms with Crippen molar-refractivity contribution in [2.45, 2.75) is 13.8 Å². The average molecular weight is 436 g/mol. The van der Waals surface area contributed by atoms with Crippen LogP contribution >= 0.6 is 27.3 Å². The fourth-order valence-corrected chi connectivity index (χ4v) is 3.47. The number of nitrogens with zero attached hydrogens (tertiary/aromatic N) is 2. The lowest BCUT2D eigenvalue weighted by Gasteiger charge is -2.03. The first kappa shape index (κ1) is 18.3. The van der Waals surface area contributed by atoms with Crippen LogP contribution in [0.2, 0.25) is 0 Å². The monoisotopic (exact) mass is 435 g/mol. The highest BCUT2D eigenvalue weighted by Crippen LogP contribution is 2.23. The summed E-state index contributed by atoms with van der Waals surface area (Å²) in [5.41, 5.74) is 4.11. The van der Waals surface area contributed by atoms with Crippen LogP contribution in [-0.2, 0) is 4.74 Å². The Morgan fingerprint density at radius 3 is 2.88 bits per heavy atom. The van der Waals surface area contributed by atoms with Gasteiger partial charge in [0.15, 0.2) is 0 Å². The molecular formula is C17H14BrN3O4S. The minimum Gasteiger partial charge on any atom is -0.465 e. The third kappa shape index (κ3) is 3.68. The molecular weight excluding hydrogens is 422 g/mol. The van der Waals surface area contributed by atoms with Crippen molar-refractivity contribution in [1.29, 1.82) is 0 Å². The van der Waals surface area contributed by atoms with Crippen molar-refractivity contribution in [2.24, 2.45) is 5.10 Å². The zero-order chi connectivity index (χ0) is 18.8. The number of halogens is 1. The molecule has 0 saturated carbocycles. The first-order valence-electron chi connectivity index (χ1n) is 7.49. The Morgan fingerprint density at radius 1 is 1.38 bits per heavy atom. The molecule has 9 heteroatoms. The number of esters is 1. The number of aromatic nitrogens is 1. The summed E-state index contributed by atoms with van der Waals surface area (Å²) in [6.45, 7) is 3.39. The number of fused-ring (bicyclic) bond motifs is 1. The molecule has 0 aliphatic rings. The maximum Gasteiger partial charge on any atom is 0.350 e. The Labute approximate surface area is 160 Å². The Bertz CT molecular complexity index is 1090. The number of rotatable bonds is 4. The van der Waals surface area contributed by atoms with Gasteiger partial charge in [0.1, 0.15) is 10.5 Å². The molecule has 0 unspecified atom stereocenters. The van der Waals surface area contributed by atoms with Crippen LogP contribution in [0.4, 0.5) is 5.13 Å². The third-order valence-corrected chi connectivity index (χ3v) is 5.11. The van der Waals surface area contributed by atoms with E-state index < -0.39 is 11.6 Å². The van der Waals surface area contributed by atoms with Crippen molar-refractivity contribution in [3.8, 4) is 0 Å². The van der Waals surface area contributed by atoms with E-state index >= 15 is 0 Å². The summed E-state index contributed by atoms with van der Waals surface area (Å²) >= 11 is 4.52. The van der Waals surface area contributed by atoms with Crippen molar-refractivity contribution in [3.05, 3.63) is 55.3 Å². The Hall–Kier alpha value is -2.52. The topological polar surface area (TPSA) is 93.8 Å². The van der Waals surface area contributed by atoms with Gasteiger partial charge in [-0.15, -0.1) is 0 Å². The van der Waals surface area contributed by atoms with Gasteiger partial charge in [-0.1, -0.05) is 27.3 Å². The summed E-state index contributed by atoms with van der Waals surface area (Å²) in [7, 11) is 1.31. The van der Waals surface area contributed by atoms with Gasteiger partial charge < -0.3 is 9.15 Å². The minimum absolute atomic E-state index is 0.338. The van der Waals surface area contributed by atoms with E-state index in [2.05, 4.69) is 31.4 Å². The molecule has 0 bridgehead atoms. The third-order valence-electron chi connectivity index (χ3n) is 3.57. The van der Waals surface area contributed by atoms with Gasteiger partial charge in [-0.05, 0) is 38.1 Å². The van der Waals surface area contributed by atoms with E-state index in [0.29, 0.717) is 32.6 Å². The number of nitrogens with one attached hydrogen (secondary N) is 1. The van der Waals surface area contributed by atoms with Gasteiger partial charge in [0.25, 0.3) is 0 Å². The van der Waals surface area contributed by atoms with E-state index in [9.17, 15) is 9.59 Å². The molecule has 3 aromatic rings. The SMILES string of the molecule is COC(=O)c1sc(N/N=C(\C)c2cc3cc(Br)ccc3oc2=O)nc1C. The molecule has 0 atom stereocenters. The van der Waals surface area contributed by atoms with Gasteiger partial charge in [-0.2, -0.15) is 5.10 Å². The van der Waals surface area contributed by atoms with Gasteiger partial charge in [-0.3, -0.25) is 5.43 Å². The number of thiazole rings is 1. The number of hydrogen-bond acceptors (Lipinski definition) is 8. The quantitative estimate of drug-likeness (QED) is 0.288. The molecule has 0 aliphatic carbocycles. The molecule has 0 saturated heterocycles. The minimum atomic E-state index is -0.478. The predicted octanol–water partition coefficient (Wildman–Crippen LogP) is 3.94. The lowest BCUT2D eigenvalue weighted by Crippen LogP contribution is -2.13. The van der Waals surface area contributed by atoms with Gasteiger partial charge in [0.2, 0.25) is 5.13 Å². The van der Waals surface area contributed by atoms with E-state index in [1.165, 1.54) is 7.11 Å². The zero-order valence-electron chi connectivity index (χ0n) is 14.1. The molecule has 2 aromatic heterocycles.